The number of anilines is 1. The number of nitrogens with zero attached hydrogens (tertiary/aromatic N) is 2. The summed E-state index contributed by atoms with van der Waals surface area (Å²) in [5, 5.41) is 10.1. The lowest BCUT2D eigenvalue weighted by molar-refractivity contribution is 0.304. The first-order chi connectivity index (χ1) is 14.6. The molecule has 2 aromatic carbocycles. The first-order valence-electron chi connectivity index (χ1n) is 9.78. The van der Waals surface area contributed by atoms with Crippen LogP contribution in [0.5, 0.6) is 11.5 Å². The van der Waals surface area contributed by atoms with E-state index in [1.807, 2.05) is 79.7 Å². The van der Waals surface area contributed by atoms with E-state index in [0.717, 1.165) is 45.0 Å². The van der Waals surface area contributed by atoms with Crippen LogP contribution in [0.3, 0.4) is 0 Å². The van der Waals surface area contributed by atoms with Crippen LogP contribution in [0.15, 0.2) is 66.9 Å². The van der Waals surface area contributed by atoms with Gasteiger partial charge >= 0.3 is 0 Å². The zero-order valence-electron chi connectivity index (χ0n) is 17.0. The molecule has 0 spiro atoms. The zero-order chi connectivity index (χ0) is 20.9. The number of nitrogens with one attached hydrogen (secondary N) is 1. The van der Waals surface area contributed by atoms with Crippen molar-refractivity contribution in [1.82, 2.24) is 9.97 Å². The molecule has 0 fully saturated rings. The van der Waals surface area contributed by atoms with Crippen molar-refractivity contribution in [2.45, 2.75) is 6.92 Å². The SMILES string of the molecule is Cc1cnc2[nH]c(C#Cc3ccc(Oc4ccc(N(C)CCO)cc4)cc3)cc2c1. The highest BCUT2D eigenvalue weighted by Gasteiger charge is 2.02. The maximum atomic E-state index is 9.04. The van der Waals surface area contributed by atoms with Gasteiger partial charge in [-0.25, -0.2) is 4.98 Å². The minimum atomic E-state index is 0.126. The summed E-state index contributed by atoms with van der Waals surface area (Å²) in [7, 11) is 1.94. The third kappa shape index (κ3) is 4.62. The van der Waals surface area contributed by atoms with Crippen LogP contribution in [0.2, 0.25) is 0 Å². The number of fused-ring (bicyclic) bond motifs is 1. The molecule has 5 heteroatoms. The van der Waals surface area contributed by atoms with E-state index in [4.69, 9.17) is 9.84 Å². The largest absolute Gasteiger partial charge is 0.457 e. The van der Waals surface area contributed by atoms with Crippen molar-refractivity contribution < 1.29 is 9.84 Å². The summed E-state index contributed by atoms with van der Waals surface area (Å²) in [4.78, 5) is 9.60. The Hall–Kier alpha value is -3.75. The monoisotopic (exact) mass is 397 g/mol. The van der Waals surface area contributed by atoms with Crippen LogP contribution in [-0.4, -0.2) is 35.3 Å². The van der Waals surface area contributed by atoms with Crippen LogP contribution < -0.4 is 9.64 Å². The van der Waals surface area contributed by atoms with E-state index in [-0.39, 0.29) is 6.61 Å². The van der Waals surface area contributed by atoms with E-state index in [0.29, 0.717) is 6.54 Å². The van der Waals surface area contributed by atoms with Crippen molar-refractivity contribution in [3.05, 3.63) is 83.7 Å². The molecule has 4 aromatic rings. The average Bonchev–Trinajstić information content (AvgIpc) is 3.16. The van der Waals surface area contributed by atoms with Crippen LogP contribution in [0, 0.1) is 18.8 Å². The second kappa shape index (κ2) is 8.73. The summed E-state index contributed by atoms with van der Waals surface area (Å²) in [6.45, 7) is 2.75. The molecular formula is C25H23N3O2. The number of aliphatic hydroxyl groups excluding tert-OH is 1. The van der Waals surface area contributed by atoms with Gasteiger partial charge in [-0.2, -0.15) is 0 Å². The fraction of sp³-hybridized carbons (Fsp3) is 0.160. The Morgan fingerprint density at radius 2 is 1.70 bits per heavy atom. The average molecular weight is 397 g/mol. The maximum Gasteiger partial charge on any atom is 0.138 e. The van der Waals surface area contributed by atoms with Crippen LogP contribution in [0.25, 0.3) is 11.0 Å². The molecule has 0 unspecified atom stereocenters. The van der Waals surface area contributed by atoms with Gasteiger partial charge in [-0.15, -0.1) is 0 Å². The molecule has 5 nitrogen and oxygen atoms in total. The topological polar surface area (TPSA) is 61.4 Å². The number of aryl methyl sites for hydroxylation is 1. The Morgan fingerprint density at radius 1 is 1.00 bits per heavy atom. The van der Waals surface area contributed by atoms with Gasteiger partial charge in [-0.3, -0.25) is 0 Å². The quantitative estimate of drug-likeness (QED) is 0.487. The third-order valence-electron chi connectivity index (χ3n) is 4.75. The van der Waals surface area contributed by atoms with Gasteiger partial charge in [0.1, 0.15) is 17.1 Å². The van der Waals surface area contributed by atoms with E-state index >= 15 is 0 Å². The predicted molar refractivity (Wildman–Crippen MR) is 120 cm³/mol. The molecule has 0 aliphatic heterocycles. The normalized spacial score (nSPS) is 10.5. The van der Waals surface area contributed by atoms with Crippen molar-refractivity contribution in [2.75, 3.05) is 25.1 Å². The smallest absolute Gasteiger partial charge is 0.138 e. The van der Waals surface area contributed by atoms with E-state index in [2.05, 4.69) is 27.9 Å². The fourth-order valence-corrected chi connectivity index (χ4v) is 3.12. The van der Waals surface area contributed by atoms with Gasteiger partial charge in [-0.1, -0.05) is 5.92 Å². The van der Waals surface area contributed by atoms with Crippen molar-refractivity contribution in [3.8, 4) is 23.3 Å². The number of hydrogen-bond donors (Lipinski definition) is 2. The summed E-state index contributed by atoms with van der Waals surface area (Å²) in [6, 6.07) is 19.6. The van der Waals surface area contributed by atoms with Crippen LogP contribution in [-0.2, 0) is 0 Å². The molecule has 0 aliphatic rings. The summed E-state index contributed by atoms with van der Waals surface area (Å²) in [5.41, 5.74) is 4.76. The number of likely N-dealkylation sites (N-methyl/N-ethyl adjacent to an activating group) is 1. The highest BCUT2D eigenvalue weighted by Crippen LogP contribution is 2.24. The third-order valence-corrected chi connectivity index (χ3v) is 4.75. The number of H-pyrrole nitrogens is 1. The van der Waals surface area contributed by atoms with E-state index < -0.39 is 0 Å². The number of aromatic amines is 1. The molecule has 0 aliphatic carbocycles. The predicted octanol–water partition coefficient (Wildman–Crippen LogP) is 4.49. The van der Waals surface area contributed by atoms with Crippen molar-refractivity contribution in [1.29, 1.82) is 0 Å². The molecule has 0 bridgehead atoms. The molecule has 0 amide bonds. The van der Waals surface area contributed by atoms with Crippen LogP contribution >= 0.6 is 0 Å². The molecule has 0 atom stereocenters. The number of pyridine rings is 1. The number of rotatable bonds is 5. The van der Waals surface area contributed by atoms with E-state index in [9.17, 15) is 0 Å². The lowest BCUT2D eigenvalue weighted by Crippen LogP contribution is -2.20. The van der Waals surface area contributed by atoms with Gasteiger partial charge in [0, 0.05) is 36.4 Å². The van der Waals surface area contributed by atoms with Crippen LogP contribution in [0.4, 0.5) is 5.69 Å². The lowest BCUT2D eigenvalue weighted by atomic mass is 10.2. The van der Waals surface area contributed by atoms with E-state index in [1.54, 1.807) is 0 Å². The number of benzene rings is 2. The van der Waals surface area contributed by atoms with E-state index in [1.165, 1.54) is 0 Å². The minimum absolute atomic E-state index is 0.126. The molecule has 4 rings (SSSR count). The maximum absolute atomic E-state index is 9.04. The number of aromatic nitrogens is 2. The first-order valence-corrected chi connectivity index (χ1v) is 9.78. The second-order valence-electron chi connectivity index (χ2n) is 7.15. The van der Waals surface area contributed by atoms with Gasteiger partial charge < -0.3 is 19.7 Å². The molecule has 150 valence electrons. The zero-order valence-corrected chi connectivity index (χ0v) is 17.0. The summed E-state index contributed by atoms with van der Waals surface area (Å²) in [5.74, 6) is 7.84. The Kier molecular flexibility index (Phi) is 5.69. The second-order valence-corrected chi connectivity index (χ2v) is 7.15. The lowest BCUT2D eigenvalue weighted by Gasteiger charge is -2.18. The van der Waals surface area contributed by atoms with Gasteiger partial charge in [0.25, 0.3) is 0 Å². The molecule has 2 N–H and O–H groups in total. The number of ether oxygens (including phenoxy) is 1. The van der Waals surface area contributed by atoms with Gasteiger partial charge in [-0.05, 0) is 79.1 Å². The molecule has 30 heavy (non-hydrogen) atoms. The summed E-state index contributed by atoms with van der Waals surface area (Å²) in [6.07, 6.45) is 1.84. The fourth-order valence-electron chi connectivity index (χ4n) is 3.12. The Balaban J connectivity index is 1.42. The standard InChI is InChI=1S/C25H23N3O2/c1-18-15-20-16-21(27-25(20)26-17-18)6-3-19-4-9-23(10-5-19)30-24-11-7-22(8-12-24)28(2)13-14-29/h4-5,7-12,15-17,29H,13-14H2,1-2H3,(H,26,27). The Labute approximate surface area is 176 Å². The number of aliphatic hydroxyl groups is 1. The van der Waals surface area contributed by atoms with Crippen molar-refractivity contribution >= 4 is 16.7 Å². The van der Waals surface area contributed by atoms with Gasteiger partial charge in [0.15, 0.2) is 0 Å². The van der Waals surface area contributed by atoms with Crippen molar-refractivity contribution in [3.63, 3.8) is 0 Å². The molecule has 2 aromatic heterocycles. The van der Waals surface area contributed by atoms with Crippen molar-refractivity contribution in [2.24, 2.45) is 0 Å². The minimum Gasteiger partial charge on any atom is -0.457 e. The molecule has 0 saturated heterocycles. The highest BCUT2D eigenvalue weighted by molar-refractivity contribution is 5.78. The molecule has 0 saturated carbocycles. The summed E-state index contributed by atoms with van der Waals surface area (Å²) >= 11 is 0. The Bertz CT molecular complexity index is 1200. The first kappa shape index (κ1) is 19.6. The van der Waals surface area contributed by atoms with Gasteiger partial charge in [0.05, 0.1) is 12.3 Å². The number of hydrogen-bond acceptors (Lipinski definition) is 4. The summed E-state index contributed by atoms with van der Waals surface area (Å²) < 4.78 is 5.91. The Morgan fingerprint density at radius 3 is 2.40 bits per heavy atom. The molecule has 0 radical (unpaired) electrons. The molecular weight excluding hydrogens is 374 g/mol. The molecule has 2 heterocycles. The highest BCUT2D eigenvalue weighted by atomic mass is 16.5. The van der Waals surface area contributed by atoms with Crippen LogP contribution in [0.1, 0.15) is 16.8 Å². The van der Waals surface area contributed by atoms with Gasteiger partial charge in [0.2, 0.25) is 0 Å².